The maximum absolute atomic E-state index is 6.31. The van der Waals surface area contributed by atoms with Crippen LogP contribution in [0.1, 0.15) is 53.0 Å². The standard InChI is InChI=1S/C15H22BClO2/c1-10(2)11-7-8-13(17)12(9-11)16-18-14(3,4)15(5,6)19-16/h7-10H,1-6H3. The summed E-state index contributed by atoms with van der Waals surface area (Å²) in [5.74, 6) is 0.457. The van der Waals surface area contributed by atoms with Gasteiger partial charge in [-0.1, -0.05) is 37.6 Å². The second kappa shape index (κ2) is 4.80. The minimum absolute atomic E-state index is 0.338. The lowest BCUT2D eigenvalue weighted by molar-refractivity contribution is 0.00578. The second-order valence-corrected chi connectivity index (χ2v) is 6.93. The molecule has 0 atom stereocenters. The van der Waals surface area contributed by atoms with Crippen LogP contribution in [0.3, 0.4) is 0 Å². The van der Waals surface area contributed by atoms with E-state index in [2.05, 4.69) is 26.0 Å². The van der Waals surface area contributed by atoms with Crippen molar-refractivity contribution in [2.75, 3.05) is 0 Å². The molecule has 1 aromatic rings. The summed E-state index contributed by atoms with van der Waals surface area (Å²) in [7, 11) is -0.392. The van der Waals surface area contributed by atoms with Crippen LogP contribution in [0.15, 0.2) is 18.2 Å². The average Bonchev–Trinajstić information content (AvgIpc) is 2.48. The van der Waals surface area contributed by atoms with Gasteiger partial charge in [-0.15, -0.1) is 0 Å². The molecule has 0 aliphatic carbocycles. The van der Waals surface area contributed by atoms with E-state index in [9.17, 15) is 0 Å². The molecule has 1 aromatic carbocycles. The zero-order valence-electron chi connectivity index (χ0n) is 12.6. The third kappa shape index (κ3) is 2.69. The molecule has 1 heterocycles. The molecule has 1 fully saturated rings. The average molecular weight is 281 g/mol. The molecule has 0 bridgehead atoms. The van der Waals surface area contributed by atoms with Crippen molar-refractivity contribution in [3.8, 4) is 0 Å². The van der Waals surface area contributed by atoms with Crippen LogP contribution in [0.2, 0.25) is 5.02 Å². The molecule has 4 heteroatoms. The van der Waals surface area contributed by atoms with Crippen LogP contribution in [-0.2, 0) is 9.31 Å². The Kier molecular flexibility index (Phi) is 3.76. The van der Waals surface area contributed by atoms with Crippen molar-refractivity contribution in [1.29, 1.82) is 0 Å². The van der Waals surface area contributed by atoms with Crippen molar-refractivity contribution < 1.29 is 9.31 Å². The highest BCUT2D eigenvalue weighted by Crippen LogP contribution is 2.37. The van der Waals surface area contributed by atoms with E-state index in [0.717, 1.165) is 5.46 Å². The Balaban J connectivity index is 2.36. The van der Waals surface area contributed by atoms with Gasteiger partial charge in [0, 0.05) is 10.5 Å². The highest BCUT2D eigenvalue weighted by atomic mass is 35.5. The fourth-order valence-electron chi connectivity index (χ4n) is 2.07. The number of hydrogen-bond donors (Lipinski definition) is 0. The summed E-state index contributed by atoms with van der Waals surface area (Å²) in [6, 6.07) is 6.08. The lowest BCUT2D eigenvalue weighted by atomic mass is 9.77. The Morgan fingerprint density at radius 1 is 1.05 bits per heavy atom. The summed E-state index contributed by atoms with van der Waals surface area (Å²) in [6.45, 7) is 12.5. The first kappa shape index (κ1) is 14.9. The van der Waals surface area contributed by atoms with Crippen LogP contribution in [0, 0.1) is 0 Å². The zero-order valence-corrected chi connectivity index (χ0v) is 13.3. The molecule has 0 spiro atoms. The van der Waals surface area contributed by atoms with E-state index in [1.807, 2.05) is 33.8 Å². The number of rotatable bonds is 2. The van der Waals surface area contributed by atoms with Crippen molar-refractivity contribution in [2.24, 2.45) is 0 Å². The van der Waals surface area contributed by atoms with Crippen LogP contribution in [0.4, 0.5) is 0 Å². The van der Waals surface area contributed by atoms with Crippen molar-refractivity contribution in [2.45, 2.75) is 58.7 Å². The molecule has 19 heavy (non-hydrogen) atoms. The second-order valence-electron chi connectivity index (χ2n) is 6.52. The summed E-state index contributed by atoms with van der Waals surface area (Å²) in [5, 5.41) is 0.697. The van der Waals surface area contributed by atoms with Crippen LogP contribution in [0.5, 0.6) is 0 Å². The van der Waals surface area contributed by atoms with Gasteiger partial charge in [0.15, 0.2) is 0 Å². The maximum atomic E-state index is 6.31. The maximum Gasteiger partial charge on any atom is 0.496 e. The quantitative estimate of drug-likeness (QED) is 0.768. The van der Waals surface area contributed by atoms with E-state index in [1.54, 1.807) is 0 Å². The van der Waals surface area contributed by atoms with Crippen LogP contribution in [0.25, 0.3) is 0 Å². The third-order valence-electron chi connectivity index (χ3n) is 4.19. The molecule has 1 aliphatic rings. The minimum atomic E-state index is -0.392. The number of benzene rings is 1. The van der Waals surface area contributed by atoms with Gasteiger partial charge in [-0.05, 0) is 45.2 Å². The number of halogens is 1. The summed E-state index contributed by atoms with van der Waals surface area (Å²) in [4.78, 5) is 0. The van der Waals surface area contributed by atoms with E-state index in [-0.39, 0.29) is 11.2 Å². The van der Waals surface area contributed by atoms with Crippen LogP contribution < -0.4 is 5.46 Å². The molecule has 1 saturated heterocycles. The Hall–Kier alpha value is -0.505. The predicted octanol–water partition coefficient (Wildman–Crippen LogP) is 3.76. The first-order valence-corrected chi connectivity index (χ1v) is 7.17. The first-order valence-electron chi connectivity index (χ1n) is 6.79. The molecule has 0 radical (unpaired) electrons. The molecule has 2 nitrogen and oxygen atoms in total. The summed E-state index contributed by atoms with van der Waals surface area (Å²) < 4.78 is 12.1. The van der Waals surface area contributed by atoms with Crippen molar-refractivity contribution in [3.05, 3.63) is 28.8 Å². The Morgan fingerprint density at radius 2 is 1.58 bits per heavy atom. The lowest BCUT2D eigenvalue weighted by Gasteiger charge is -2.32. The number of hydrogen-bond acceptors (Lipinski definition) is 2. The molecule has 0 unspecified atom stereocenters. The van der Waals surface area contributed by atoms with Gasteiger partial charge in [0.2, 0.25) is 0 Å². The first-order chi connectivity index (χ1) is 8.64. The Bertz CT molecular complexity index is 467. The van der Waals surface area contributed by atoms with E-state index >= 15 is 0 Å². The minimum Gasteiger partial charge on any atom is -0.399 e. The molecular weight excluding hydrogens is 258 g/mol. The Morgan fingerprint density at radius 3 is 2.05 bits per heavy atom. The van der Waals surface area contributed by atoms with Gasteiger partial charge in [-0.2, -0.15) is 0 Å². The normalized spacial score (nSPS) is 21.2. The zero-order chi connectivity index (χ0) is 14.4. The highest BCUT2D eigenvalue weighted by molar-refractivity contribution is 6.65. The largest absolute Gasteiger partial charge is 0.496 e. The van der Waals surface area contributed by atoms with Crippen LogP contribution >= 0.6 is 11.6 Å². The summed E-state index contributed by atoms with van der Waals surface area (Å²) >= 11 is 6.31. The topological polar surface area (TPSA) is 18.5 Å². The van der Waals surface area contributed by atoms with Crippen molar-refractivity contribution in [1.82, 2.24) is 0 Å². The van der Waals surface area contributed by atoms with E-state index in [4.69, 9.17) is 20.9 Å². The van der Waals surface area contributed by atoms with E-state index < -0.39 is 7.12 Å². The van der Waals surface area contributed by atoms with Gasteiger partial charge in [0.25, 0.3) is 0 Å². The fraction of sp³-hybridized carbons (Fsp3) is 0.600. The van der Waals surface area contributed by atoms with Crippen molar-refractivity contribution in [3.63, 3.8) is 0 Å². The van der Waals surface area contributed by atoms with Crippen molar-refractivity contribution >= 4 is 24.2 Å². The van der Waals surface area contributed by atoms with Gasteiger partial charge in [-0.25, -0.2) is 0 Å². The van der Waals surface area contributed by atoms with Gasteiger partial charge >= 0.3 is 7.12 Å². The van der Waals surface area contributed by atoms with Gasteiger partial charge in [0.1, 0.15) is 0 Å². The van der Waals surface area contributed by atoms with Crippen LogP contribution in [-0.4, -0.2) is 18.3 Å². The van der Waals surface area contributed by atoms with Gasteiger partial charge < -0.3 is 9.31 Å². The van der Waals surface area contributed by atoms with Gasteiger partial charge in [-0.3, -0.25) is 0 Å². The van der Waals surface area contributed by atoms with E-state index in [1.165, 1.54) is 5.56 Å². The highest BCUT2D eigenvalue weighted by Gasteiger charge is 2.52. The molecule has 0 aromatic heterocycles. The molecule has 0 N–H and O–H groups in total. The fourth-order valence-corrected chi connectivity index (χ4v) is 2.28. The SMILES string of the molecule is CC(C)c1ccc(Cl)c(B2OC(C)(C)C(C)(C)O2)c1. The molecule has 2 rings (SSSR count). The Labute approximate surface area is 121 Å². The molecule has 0 amide bonds. The van der Waals surface area contributed by atoms with E-state index in [0.29, 0.717) is 10.9 Å². The molecule has 1 aliphatic heterocycles. The molecular formula is C15H22BClO2. The summed E-state index contributed by atoms with van der Waals surface area (Å²) in [6.07, 6.45) is 0. The summed E-state index contributed by atoms with van der Waals surface area (Å²) in [5.41, 5.74) is 1.49. The lowest BCUT2D eigenvalue weighted by Crippen LogP contribution is -2.41. The molecule has 0 saturated carbocycles. The van der Waals surface area contributed by atoms with Gasteiger partial charge in [0.05, 0.1) is 11.2 Å². The molecule has 104 valence electrons. The monoisotopic (exact) mass is 280 g/mol. The smallest absolute Gasteiger partial charge is 0.399 e. The predicted molar refractivity (Wildman–Crippen MR) is 81.3 cm³/mol. The third-order valence-corrected chi connectivity index (χ3v) is 4.54.